The number of aromatic amines is 1. The van der Waals surface area contributed by atoms with Gasteiger partial charge < -0.3 is 14.8 Å². The molecule has 1 aliphatic heterocycles. The third kappa shape index (κ3) is 2.68. The quantitative estimate of drug-likeness (QED) is 0.784. The molecule has 23 heavy (non-hydrogen) atoms. The van der Waals surface area contributed by atoms with Gasteiger partial charge >= 0.3 is 0 Å². The van der Waals surface area contributed by atoms with Crippen LogP contribution in [0.2, 0.25) is 0 Å². The second-order valence-corrected chi connectivity index (χ2v) is 6.52. The molecule has 0 radical (unpaired) electrons. The van der Waals surface area contributed by atoms with Gasteiger partial charge in [-0.2, -0.15) is 0 Å². The van der Waals surface area contributed by atoms with Crippen molar-refractivity contribution in [1.82, 2.24) is 19.9 Å². The molecular formula is C16H17N5OS. The van der Waals surface area contributed by atoms with Crippen LogP contribution in [0.1, 0.15) is 16.1 Å². The fourth-order valence-corrected chi connectivity index (χ4v) is 3.70. The van der Waals surface area contributed by atoms with Gasteiger partial charge in [0.15, 0.2) is 5.13 Å². The van der Waals surface area contributed by atoms with E-state index in [0.717, 1.165) is 48.0 Å². The molecule has 1 aliphatic rings. The van der Waals surface area contributed by atoms with E-state index in [0.29, 0.717) is 5.56 Å². The first kappa shape index (κ1) is 14.2. The molecule has 0 unspecified atom stereocenters. The van der Waals surface area contributed by atoms with Crippen molar-refractivity contribution >= 4 is 33.4 Å². The smallest absolute Gasteiger partial charge is 0.254 e. The largest absolute Gasteiger partial charge is 0.345 e. The van der Waals surface area contributed by atoms with E-state index in [9.17, 15) is 4.79 Å². The molecule has 6 nitrogen and oxygen atoms in total. The van der Waals surface area contributed by atoms with Gasteiger partial charge in [0, 0.05) is 37.1 Å². The van der Waals surface area contributed by atoms with Crippen LogP contribution >= 0.6 is 11.3 Å². The first-order valence-corrected chi connectivity index (χ1v) is 8.48. The normalized spacial score (nSPS) is 15.3. The number of hydrogen-bond donors (Lipinski definition) is 1. The monoisotopic (exact) mass is 327 g/mol. The number of carbonyl (C=O) groups is 1. The molecule has 3 heterocycles. The predicted octanol–water partition coefficient (Wildman–Crippen LogP) is 2.29. The van der Waals surface area contributed by atoms with Gasteiger partial charge in [0.2, 0.25) is 0 Å². The minimum Gasteiger partial charge on any atom is -0.345 e. The standard InChI is InChI=1S/C16H17N5OS/c1-11-9-23-16(19-11)21-6-4-20(5-7-21)15(22)12-2-3-13-14(8-12)18-10-17-13/h2-3,8-10H,4-7H2,1H3,(H,17,18). The number of hydrogen-bond acceptors (Lipinski definition) is 5. The Morgan fingerprint density at radius 3 is 2.83 bits per heavy atom. The number of H-pyrrole nitrogens is 1. The molecule has 1 aromatic carbocycles. The van der Waals surface area contributed by atoms with E-state index < -0.39 is 0 Å². The first-order chi connectivity index (χ1) is 11.2. The third-order valence-electron chi connectivity index (χ3n) is 4.11. The zero-order valence-electron chi connectivity index (χ0n) is 12.8. The molecule has 1 saturated heterocycles. The van der Waals surface area contributed by atoms with Gasteiger partial charge in [0.25, 0.3) is 5.91 Å². The SMILES string of the molecule is Cc1csc(N2CCN(C(=O)c3ccc4nc[nH]c4c3)CC2)n1. The minimum atomic E-state index is 0.0801. The summed E-state index contributed by atoms with van der Waals surface area (Å²) in [5.41, 5.74) is 3.54. The Hall–Kier alpha value is -2.41. The van der Waals surface area contributed by atoms with E-state index in [-0.39, 0.29) is 5.91 Å². The number of anilines is 1. The summed E-state index contributed by atoms with van der Waals surface area (Å²) in [6.45, 7) is 5.10. The van der Waals surface area contributed by atoms with Crippen LogP contribution in [-0.4, -0.2) is 51.9 Å². The van der Waals surface area contributed by atoms with E-state index in [1.165, 1.54) is 0 Å². The summed E-state index contributed by atoms with van der Waals surface area (Å²) in [6.07, 6.45) is 1.65. The highest BCUT2D eigenvalue weighted by molar-refractivity contribution is 7.13. The summed E-state index contributed by atoms with van der Waals surface area (Å²) < 4.78 is 0. The van der Waals surface area contributed by atoms with Crippen molar-refractivity contribution in [2.24, 2.45) is 0 Å². The average Bonchev–Trinajstić information content (AvgIpc) is 3.22. The fourth-order valence-electron chi connectivity index (χ4n) is 2.84. The molecule has 0 saturated carbocycles. The van der Waals surface area contributed by atoms with Crippen molar-refractivity contribution in [1.29, 1.82) is 0 Å². The molecule has 1 N–H and O–H groups in total. The Labute approximate surface area is 137 Å². The van der Waals surface area contributed by atoms with Crippen LogP contribution in [-0.2, 0) is 0 Å². The van der Waals surface area contributed by atoms with Crippen molar-refractivity contribution in [2.75, 3.05) is 31.1 Å². The van der Waals surface area contributed by atoms with Crippen molar-refractivity contribution < 1.29 is 4.79 Å². The first-order valence-electron chi connectivity index (χ1n) is 7.60. The van der Waals surface area contributed by atoms with Crippen molar-refractivity contribution in [3.8, 4) is 0 Å². The zero-order valence-corrected chi connectivity index (χ0v) is 13.6. The van der Waals surface area contributed by atoms with E-state index in [2.05, 4.69) is 25.2 Å². The number of piperazine rings is 1. The number of carbonyl (C=O) groups excluding carboxylic acids is 1. The molecule has 118 valence electrons. The Balaban J connectivity index is 1.46. The molecule has 0 spiro atoms. The molecule has 7 heteroatoms. The summed E-state index contributed by atoms with van der Waals surface area (Å²) in [5.74, 6) is 0.0801. The lowest BCUT2D eigenvalue weighted by molar-refractivity contribution is 0.0747. The second kappa shape index (κ2) is 5.66. The fraction of sp³-hybridized carbons (Fsp3) is 0.312. The predicted molar refractivity (Wildman–Crippen MR) is 91.1 cm³/mol. The van der Waals surface area contributed by atoms with Crippen molar-refractivity contribution in [2.45, 2.75) is 6.92 Å². The number of nitrogens with one attached hydrogen (secondary N) is 1. The summed E-state index contributed by atoms with van der Waals surface area (Å²) in [5, 5.41) is 3.11. The topological polar surface area (TPSA) is 65.1 Å². The molecule has 4 rings (SSSR count). The zero-order chi connectivity index (χ0) is 15.8. The maximum absolute atomic E-state index is 12.7. The number of aromatic nitrogens is 3. The average molecular weight is 327 g/mol. The highest BCUT2D eigenvalue weighted by Crippen LogP contribution is 2.22. The number of aryl methyl sites for hydroxylation is 1. The van der Waals surface area contributed by atoms with Crippen molar-refractivity contribution in [3.63, 3.8) is 0 Å². The summed E-state index contributed by atoms with van der Waals surface area (Å²) >= 11 is 1.66. The number of thiazole rings is 1. The van der Waals surface area contributed by atoms with E-state index in [4.69, 9.17) is 0 Å². The lowest BCUT2D eigenvalue weighted by atomic mass is 10.1. The van der Waals surface area contributed by atoms with Crippen LogP contribution in [0.25, 0.3) is 11.0 Å². The van der Waals surface area contributed by atoms with Gasteiger partial charge in [-0.25, -0.2) is 9.97 Å². The number of amides is 1. The number of fused-ring (bicyclic) bond motifs is 1. The van der Waals surface area contributed by atoms with Crippen LogP contribution in [0.15, 0.2) is 29.9 Å². The molecule has 1 fully saturated rings. The van der Waals surface area contributed by atoms with Crippen LogP contribution in [0.4, 0.5) is 5.13 Å². The van der Waals surface area contributed by atoms with E-state index in [1.807, 2.05) is 30.0 Å². The van der Waals surface area contributed by atoms with Crippen LogP contribution in [0, 0.1) is 6.92 Å². The van der Waals surface area contributed by atoms with Gasteiger partial charge in [-0.05, 0) is 25.1 Å². The number of benzene rings is 1. The van der Waals surface area contributed by atoms with Crippen LogP contribution < -0.4 is 4.90 Å². The molecule has 0 bridgehead atoms. The third-order valence-corrected chi connectivity index (χ3v) is 5.13. The Kier molecular flexibility index (Phi) is 3.49. The Bertz CT molecular complexity index is 847. The number of nitrogens with zero attached hydrogens (tertiary/aromatic N) is 4. The summed E-state index contributed by atoms with van der Waals surface area (Å²) in [4.78, 5) is 28.6. The molecular weight excluding hydrogens is 310 g/mol. The second-order valence-electron chi connectivity index (χ2n) is 5.69. The lowest BCUT2D eigenvalue weighted by Gasteiger charge is -2.34. The molecule has 3 aromatic rings. The highest BCUT2D eigenvalue weighted by Gasteiger charge is 2.23. The number of imidazole rings is 1. The van der Waals surface area contributed by atoms with Gasteiger partial charge in [-0.1, -0.05) is 0 Å². The maximum atomic E-state index is 12.7. The Morgan fingerprint density at radius 2 is 2.09 bits per heavy atom. The highest BCUT2D eigenvalue weighted by atomic mass is 32.1. The maximum Gasteiger partial charge on any atom is 0.254 e. The molecule has 1 amide bonds. The van der Waals surface area contributed by atoms with Gasteiger partial charge in [-0.15, -0.1) is 11.3 Å². The van der Waals surface area contributed by atoms with Crippen molar-refractivity contribution in [3.05, 3.63) is 41.2 Å². The van der Waals surface area contributed by atoms with E-state index >= 15 is 0 Å². The van der Waals surface area contributed by atoms with Gasteiger partial charge in [0.1, 0.15) is 0 Å². The molecule has 0 atom stereocenters. The Morgan fingerprint density at radius 1 is 1.26 bits per heavy atom. The van der Waals surface area contributed by atoms with Gasteiger partial charge in [0.05, 0.1) is 23.1 Å². The minimum absolute atomic E-state index is 0.0801. The lowest BCUT2D eigenvalue weighted by Crippen LogP contribution is -2.48. The summed E-state index contributed by atoms with van der Waals surface area (Å²) in [7, 11) is 0. The summed E-state index contributed by atoms with van der Waals surface area (Å²) in [6, 6.07) is 5.61. The van der Waals surface area contributed by atoms with E-state index in [1.54, 1.807) is 17.7 Å². The molecule has 0 aliphatic carbocycles. The molecule has 2 aromatic heterocycles. The van der Waals surface area contributed by atoms with Gasteiger partial charge in [-0.3, -0.25) is 4.79 Å². The van der Waals surface area contributed by atoms with Crippen LogP contribution in [0.5, 0.6) is 0 Å². The number of rotatable bonds is 2. The van der Waals surface area contributed by atoms with Crippen LogP contribution in [0.3, 0.4) is 0 Å².